The van der Waals surface area contributed by atoms with Gasteiger partial charge in [-0.05, 0) is 18.2 Å². The third-order valence-electron chi connectivity index (χ3n) is 3.18. The van der Waals surface area contributed by atoms with Crippen molar-refractivity contribution in [2.45, 2.75) is 6.18 Å². The summed E-state index contributed by atoms with van der Waals surface area (Å²) >= 11 is 0. The van der Waals surface area contributed by atoms with E-state index in [1.54, 1.807) is 4.90 Å². The minimum Gasteiger partial charge on any atom is -0.369 e. The Labute approximate surface area is 114 Å². The van der Waals surface area contributed by atoms with E-state index in [1.165, 1.54) is 6.07 Å². The first-order valence-electron chi connectivity index (χ1n) is 5.85. The molecule has 1 aliphatic heterocycles. The predicted molar refractivity (Wildman–Crippen MR) is 67.7 cm³/mol. The van der Waals surface area contributed by atoms with E-state index in [4.69, 9.17) is 0 Å². The minimum atomic E-state index is -4.62. The molecule has 0 unspecified atom stereocenters. The zero-order valence-corrected chi connectivity index (χ0v) is 11.2. The standard InChI is InChI=1S/C12H12F3NO3S/c13-12(14,15)11-7-10(2-1-9(11)8-17)16-3-5-20(18,19)6-4-16/h1-2,7-8H,3-6H2. The Morgan fingerprint density at radius 1 is 1.15 bits per heavy atom. The van der Waals surface area contributed by atoms with Crippen molar-refractivity contribution in [2.75, 3.05) is 29.5 Å². The van der Waals surface area contributed by atoms with Crippen molar-refractivity contribution in [1.82, 2.24) is 0 Å². The van der Waals surface area contributed by atoms with E-state index >= 15 is 0 Å². The van der Waals surface area contributed by atoms with Crippen LogP contribution >= 0.6 is 0 Å². The predicted octanol–water partition coefficient (Wildman–Crippen LogP) is 1.75. The Hall–Kier alpha value is -1.57. The van der Waals surface area contributed by atoms with E-state index < -0.39 is 27.1 Å². The highest BCUT2D eigenvalue weighted by atomic mass is 32.2. The van der Waals surface area contributed by atoms with E-state index in [9.17, 15) is 26.4 Å². The highest BCUT2D eigenvalue weighted by molar-refractivity contribution is 7.91. The third kappa shape index (κ3) is 3.12. The van der Waals surface area contributed by atoms with Crippen molar-refractivity contribution >= 4 is 21.8 Å². The summed E-state index contributed by atoms with van der Waals surface area (Å²) in [6.07, 6.45) is -4.46. The second-order valence-corrected chi connectivity index (χ2v) is 6.83. The van der Waals surface area contributed by atoms with Crippen LogP contribution in [0.3, 0.4) is 0 Å². The summed E-state index contributed by atoms with van der Waals surface area (Å²) in [6, 6.07) is 3.40. The lowest BCUT2D eigenvalue weighted by atomic mass is 10.1. The highest BCUT2D eigenvalue weighted by Crippen LogP contribution is 2.34. The molecule has 4 nitrogen and oxygen atoms in total. The average molecular weight is 307 g/mol. The first-order chi connectivity index (χ1) is 9.23. The summed E-state index contributed by atoms with van der Waals surface area (Å²) in [7, 11) is -3.10. The number of carbonyl (C=O) groups excluding carboxylic acids is 1. The maximum absolute atomic E-state index is 12.8. The highest BCUT2D eigenvalue weighted by Gasteiger charge is 2.34. The maximum atomic E-state index is 12.8. The lowest BCUT2D eigenvalue weighted by Crippen LogP contribution is -2.40. The molecule has 1 aromatic rings. The van der Waals surface area contributed by atoms with Gasteiger partial charge >= 0.3 is 6.18 Å². The number of hydrogen-bond acceptors (Lipinski definition) is 4. The molecule has 0 saturated carbocycles. The molecule has 20 heavy (non-hydrogen) atoms. The maximum Gasteiger partial charge on any atom is 0.417 e. The lowest BCUT2D eigenvalue weighted by Gasteiger charge is -2.29. The molecule has 1 aliphatic rings. The molecule has 1 aromatic carbocycles. The fraction of sp³-hybridized carbons (Fsp3) is 0.417. The van der Waals surface area contributed by atoms with Crippen molar-refractivity contribution in [2.24, 2.45) is 0 Å². The Balaban J connectivity index is 2.33. The summed E-state index contributed by atoms with van der Waals surface area (Å²) in [4.78, 5) is 12.2. The van der Waals surface area contributed by atoms with Gasteiger partial charge in [0.05, 0.1) is 17.1 Å². The second kappa shape index (κ2) is 5.08. The van der Waals surface area contributed by atoms with Crippen LogP contribution in [-0.4, -0.2) is 39.3 Å². The van der Waals surface area contributed by atoms with Crippen molar-refractivity contribution in [3.63, 3.8) is 0 Å². The number of aldehydes is 1. The van der Waals surface area contributed by atoms with Crippen LogP contribution in [0.15, 0.2) is 18.2 Å². The van der Waals surface area contributed by atoms with E-state index in [0.717, 1.165) is 12.1 Å². The third-order valence-corrected chi connectivity index (χ3v) is 4.79. The first kappa shape index (κ1) is 14.8. The van der Waals surface area contributed by atoms with Gasteiger partial charge in [0, 0.05) is 24.3 Å². The number of alkyl halides is 3. The molecule has 0 bridgehead atoms. The molecular formula is C12H12F3NO3S. The molecule has 1 saturated heterocycles. The summed E-state index contributed by atoms with van der Waals surface area (Å²) in [5.41, 5.74) is -1.15. The van der Waals surface area contributed by atoms with E-state index in [1.807, 2.05) is 0 Å². The van der Waals surface area contributed by atoms with Gasteiger partial charge in [-0.1, -0.05) is 0 Å². The number of anilines is 1. The number of hydrogen-bond donors (Lipinski definition) is 0. The van der Waals surface area contributed by atoms with Crippen LogP contribution in [0.1, 0.15) is 15.9 Å². The van der Waals surface area contributed by atoms with Gasteiger partial charge in [0.15, 0.2) is 16.1 Å². The van der Waals surface area contributed by atoms with Gasteiger partial charge in [-0.2, -0.15) is 13.2 Å². The first-order valence-corrected chi connectivity index (χ1v) is 7.67. The Kier molecular flexibility index (Phi) is 3.77. The van der Waals surface area contributed by atoms with Crippen LogP contribution in [0.2, 0.25) is 0 Å². The monoisotopic (exact) mass is 307 g/mol. The SMILES string of the molecule is O=Cc1ccc(N2CCS(=O)(=O)CC2)cc1C(F)(F)F. The molecule has 8 heteroatoms. The van der Waals surface area contributed by atoms with Gasteiger partial charge in [-0.15, -0.1) is 0 Å². The largest absolute Gasteiger partial charge is 0.417 e. The number of nitrogens with zero attached hydrogens (tertiary/aromatic N) is 1. The number of carbonyl (C=O) groups is 1. The van der Waals surface area contributed by atoms with E-state index in [0.29, 0.717) is 0 Å². The van der Waals surface area contributed by atoms with Crippen molar-refractivity contribution in [1.29, 1.82) is 0 Å². The summed E-state index contributed by atoms with van der Waals surface area (Å²) in [6.45, 7) is 0.306. The van der Waals surface area contributed by atoms with Gasteiger partial charge < -0.3 is 4.90 Å². The minimum absolute atomic E-state index is 0.0796. The molecule has 0 amide bonds. The van der Waals surface area contributed by atoms with Crippen molar-refractivity contribution in [3.8, 4) is 0 Å². The van der Waals surface area contributed by atoms with Gasteiger partial charge in [0.2, 0.25) is 0 Å². The molecule has 1 fully saturated rings. The average Bonchev–Trinajstić information content (AvgIpc) is 2.37. The molecule has 2 rings (SSSR count). The molecule has 1 heterocycles. The van der Waals surface area contributed by atoms with Crippen LogP contribution in [0.4, 0.5) is 18.9 Å². The van der Waals surface area contributed by atoms with Crippen LogP contribution in [-0.2, 0) is 16.0 Å². The summed E-state index contributed by atoms with van der Waals surface area (Å²) in [5, 5.41) is 0. The molecule has 0 aliphatic carbocycles. The molecule has 0 atom stereocenters. The normalized spacial score (nSPS) is 18.9. The smallest absolute Gasteiger partial charge is 0.369 e. The molecule has 0 radical (unpaired) electrons. The number of sulfone groups is 1. The van der Waals surface area contributed by atoms with Crippen LogP contribution in [0.5, 0.6) is 0 Å². The van der Waals surface area contributed by atoms with Crippen molar-refractivity contribution in [3.05, 3.63) is 29.3 Å². The van der Waals surface area contributed by atoms with E-state index in [2.05, 4.69) is 0 Å². The fourth-order valence-corrected chi connectivity index (χ4v) is 3.26. The molecule has 0 N–H and O–H groups in total. The Morgan fingerprint density at radius 3 is 2.25 bits per heavy atom. The number of halogens is 3. The number of rotatable bonds is 2. The van der Waals surface area contributed by atoms with Gasteiger partial charge in [-0.25, -0.2) is 8.42 Å². The Bertz CT molecular complexity index is 611. The van der Waals surface area contributed by atoms with Gasteiger partial charge in [-0.3, -0.25) is 4.79 Å². The molecular weight excluding hydrogens is 295 g/mol. The zero-order chi connectivity index (χ0) is 15.0. The summed E-state index contributed by atoms with van der Waals surface area (Å²) < 4.78 is 61.1. The van der Waals surface area contributed by atoms with Crippen LogP contribution in [0.25, 0.3) is 0 Å². The summed E-state index contributed by atoms with van der Waals surface area (Å²) in [5.74, 6) is -0.159. The quantitative estimate of drug-likeness (QED) is 0.781. The number of benzene rings is 1. The van der Waals surface area contributed by atoms with Crippen molar-refractivity contribution < 1.29 is 26.4 Å². The molecule has 0 aromatic heterocycles. The topological polar surface area (TPSA) is 54.5 Å². The van der Waals surface area contributed by atoms with Gasteiger partial charge in [0.1, 0.15) is 0 Å². The van der Waals surface area contributed by atoms with Crippen LogP contribution in [0, 0.1) is 0 Å². The van der Waals surface area contributed by atoms with Gasteiger partial charge in [0.25, 0.3) is 0 Å². The lowest BCUT2D eigenvalue weighted by molar-refractivity contribution is -0.137. The van der Waals surface area contributed by atoms with Crippen LogP contribution < -0.4 is 4.90 Å². The molecule has 110 valence electrons. The van der Waals surface area contributed by atoms with E-state index in [-0.39, 0.29) is 36.6 Å². The Morgan fingerprint density at radius 2 is 1.75 bits per heavy atom. The fourth-order valence-electron chi connectivity index (χ4n) is 2.06. The zero-order valence-electron chi connectivity index (χ0n) is 10.4. The molecule has 0 spiro atoms. The second-order valence-electron chi connectivity index (χ2n) is 4.53.